The van der Waals surface area contributed by atoms with Gasteiger partial charge in [0.15, 0.2) is 6.29 Å². The van der Waals surface area contributed by atoms with E-state index in [9.17, 15) is 5.11 Å². The van der Waals surface area contributed by atoms with Gasteiger partial charge in [-0.05, 0) is 27.3 Å². The quantitative estimate of drug-likeness (QED) is 0.766. The fraction of sp³-hybridized carbons (Fsp3) is 0.846. The molecule has 0 spiro atoms. The lowest BCUT2D eigenvalue weighted by molar-refractivity contribution is -0.173. The van der Waals surface area contributed by atoms with Crippen LogP contribution in [0.1, 0.15) is 33.1 Å². The van der Waals surface area contributed by atoms with Gasteiger partial charge in [0.2, 0.25) is 0 Å². The van der Waals surface area contributed by atoms with Crippen LogP contribution in [0, 0.1) is 0 Å². The van der Waals surface area contributed by atoms with Crippen molar-refractivity contribution in [2.75, 3.05) is 20.6 Å². The third-order valence-electron chi connectivity index (χ3n) is 3.37. The molecule has 5 heteroatoms. The van der Waals surface area contributed by atoms with E-state index in [-0.39, 0.29) is 6.10 Å². The van der Waals surface area contributed by atoms with Gasteiger partial charge in [-0.25, -0.2) is 0 Å². The SMILES string of the molecule is C/C=C(/CCN(C)C1CC(C)OC(O)C1)N=NC. The number of azo groups is 1. The minimum absolute atomic E-state index is 0.123. The van der Waals surface area contributed by atoms with Crippen LogP contribution in [0.25, 0.3) is 0 Å². The van der Waals surface area contributed by atoms with E-state index < -0.39 is 6.29 Å². The second kappa shape index (κ2) is 7.61. The van der Waals surface area contributed by atoms with Crippen molar-refractivity contribution in [2.24, 2.45) is 10.2 Å². The Morgan fingerprint density at radius 3 is 2.78 bits per heavy atom. The van der Waals surface area contributed by atoms with Gasteiger partial charge in [0.1, 0.15) is 0 Å². The maximum Gasteiger partial charge on any atom is 0.156 e. The van der Waals surface area contributed by atoms with Crippen LogP contribution >= 0.6 is 0 Å². The van der Waals surface area contributed by atoms with Crippen LogP contribution in [-0.2, 0) is 4.74 Å². The first-order valence-electron chi connectivity index (χ1n) is 6.55. The largest absolute Gasteiger partial charge is 0.368 e. The Hall–Kier alpha value is -0.780. The molecule has 1 N–H and O–H groups in total. The average molecular weight is 255 g/mol. The van der Waals surface area contributed by atoms with Crippen LogP contribution < -0.4 is 0 Å². The summed E-state index contributed by atoms with van der Waals surface area (Å²) < 4.78 is 5.34. The lowest BCUT2D eigenvalue weighted by atomic mass is 10.0. The molecule has 0 radical (unpaired) electrons. The number of hydrogen-bond acceptors (Lipinski definition) is 5. The van der Waals surface area contributed by atoms with Crippen LogP contribution in [0.15, 0.2) is 22.0 Å². The average Bonchev–Trinajstić information content (AvgIpc) is 2.32. The normalized spacial score (nSPS) is 30.3. The van der Waals surface area contributed by atoms with Gasteiger partial charge in [-0.1, -0.05) is 6.08 Å². The van der Waals surface area contributed by atoms with E-state index >= 15 is 0 Å². The predicted octanol–water partition coefficient (Wildman–Crippen LogP) is 2.18. The molecule has 1 saturated heterocycles. The molecule has 3 atom stereocenters. The van der Waals surface area contributed by atoms with E-state index in [0.717, 1.165) is 25.1 Å². The van der Waals surface area contributed by atoms with Crippen LogP contribution in [0.2, 0.25) is 0 Å². The highest BCUT2D eigenvalue weighted by molar-refractivity contribution is 4.97. The summed E-state index contributed by atoms with van der Waals surface area (Å²) in [4.78, 5) is 2.27. The Balaban J connectivity index is 2.42. The molecule has 18 heavy (non-hydrogen) atoms. The first-order valence-corrected chi connectivity index (χ1v) is 6.55. The molecule has 104 valence electrons. The van der Waals surface area contributed by atoms with E-state index in [2.05, 4.69) is 22.2 Å². The number of hydrogen-bond donors (Lipinski definition) is 1. The highest BCUT2D eigenvalue weighted by Gasteiger charge is 2.28. The van der Waals surface area contributed by atoms with E-state index in [1.54, 1.807) is 7.05 Å². The minimum atomic E-state index is -0.627. The van der Waals surface area contributed by atoms with Gasteiger partial charge in [-0.3, -0.25) is 0 Å². The van der Waals surface area contributed by atoms with Crippen LogP contribution in [0.3, 0.4) is 0 Å². The summed E-state index contributed by atoms with van der Waals surface area (Å²) in [6, 6.07) is 0.375. The minimum Gasteiger partial charge on any atom is -0.368 e. The fourth-order valence-electron chi connectivity index (χ4n) is 2.31. The molecule has 0 amide bonds. The summed E-state index contributed by atoms with van der Waals surface area (Å²) in [7, 11) is 3.77. The molecule has 1 aliphatic heterocycles. The van der Waals surface area contributed by atoms with Crippen molar-refractivity contribution in [3.63, 3.8) is 0 Å². The summed E-state index contributed by atoms with van der Waals surface area (Å²) in [5.41, 5.74) is 1.00. The number of aliphatic hydroxyl groups is 1. The van der Waals surface area contributed by atoms with Gasteiger partial charge < -0.3 is 14.7 Å². The molecule has 1 rings (SSSR count). The second-order valence-electron chi connectivity index (χ2n) is 4.84. The molecule has 0 bridgehead atoms. The Morgan fingerprint density at radius 1 is 1.50 bits per heavy atom. The van der Waals surface area contributed by atoms with Crippen molar-refractivity contribution in [1.82, 2.24) is 4.90 Å². The van der Waals surface area contributed by atoms with E-state index in [1.807, 2.05) is 19.9 Å². The molecular formula is C13H25N3O2. The molecule has 1 aliphatic rings. The van der Waals surface area contributed by atoms with Crippen molar-refractivity contribution in [3.8, 4) is 0 Å². The van der Waals surface area contributed by atoms with E-state index in [1.165, 1.54) is 0 Å². The van der Waals surface area contributed by atoms with Crippen molar-refractivity contribution in [1.29, 1.82) is 0 Å². The number of rotatable bonds is 5. The van der Waals surface area contributed by atoms with Crippen molar-refractivity contribution < 1.29 is 9.84 Å². The molecule has 0 aromatic rings. The van der Waals surface area contributed by atoms with Crippen molar-refractivity contribution >= 4 is 0 Å². The summed E-state index contributed by atoms with van der Waals surface area (Å²) in [5, 5.41) is 17.5. The van der Waals surface area contributed by atoms with Gasteiger partial charge >= 0.3 is 0 Å². The Labute approximate surface area is 110 Å². The maximum atomic E-state index is 9.61. The monoisotopic (exact) mass is 255 g/mol. The summed E-state index contributed by atoms with van der Waals surface area (Å²) in [6.45, 7) is 4.90. The Bertz CT molecular complexity index is 295. The number of ether oxygens (including phenoxy) is 1. The van der Waals surface area contributed by atoms with Gasteiger partial charge in [-0.15, -0.1) is 0 Å². The molecular weight excluding hydrogens is 230 g/mol. The standard InChI is InChI=1S/C13H25N3O2/c1-5-11(15-14-3)6-7-16(4)12-8-10(2)18-13(17)9-12/h5,10,12-13,17H,6-9H2,1-4H3/b11-5-,15-14?. The van der Waals surface area contributed by atoms with Crippen LogP contribution in [0.5, 0.6) is 0 Å². The fourth-order valence-corrected chi connectivity index (χ4v) is 2.31. The smallest absolute Gasteiger partial charge is 0.156 e. The zero-order valence-corrected chi connectivity index (χ0v) is 11.8. The van der Waals surface area contributed by atoms with Gasteiger partial charge in [-0.2, -0.15) is 10.2 Å². The van der Waals surface area contributed by atoms with Crippen LogP contribution in [-0.4, -0.2) is 49.1 Å². The molecule has 0 aromatic heterocycles. The van der Waals surface area contributed by atoms with E-state index in [4.69, 9.17) is 4.74 Å². The van der Waals surface area contributed by atoms with Gasteiger partial charge in [0.05, 0.1) is 11.8 Å². The first kappa shape index (κ1) is 15.3. The third kappa shape index (κ3) is 4.84. The lowest BCUT2D eigenvalue weighted by Gasteiger charge is -2.36. The molecule has 0 aromatic carbocycles. The first-order chi connectivity index (χ1) is 8.56. The van der Waals surface area contributed by atoms with Crippen molar-refractivity contribution in [3.05, 3.63) is 11.8 Å². The van der Waals surface area contributed by atoms with Gasteiger partial charge in [0.25, 0.3) is 0 Å². The number of nitrogens with zero attached hydrogens (tertiary/aromatic N) is 3. The summed E-state index contributed by atoms with van der Waals surface area (Å²) >= 11 is 0. The Morgan fingerprint density at radius 2 is 2.22 bits per heavy atom. The summed E-state index contributed by atoms with van der Waals surface area (Å²) in [6.07, 6.45) is 4.01. The second-order valence-corrected chi connectivity index (χ2v) is 4.84. The molecule has 5 nitrogen and oxygen atoms in total. The number of allylic oxidation sites excluding steroid dienone is 1. The summed E-state index contributed by atoms with van der Waals surface area (Å²) in [5.74, 6) is 0. The topological polar surface area (TPSA) is 57.4 Å². The predicted molar refractivity (Wildman–Crippen MR) is 71.4 cm³/mol. The lowest BCUT2D eigenvalue weighted by Crippen LogP contribution is -2.43. The highest BCUT2D eigenvalue weighted by Crippen LogP contribution is 2.22. The zero-order chi connectivity index (χ0) is 13.5. The molecule has 0 aliphatic carbocycles. The van der Waals surface area contributed by atoms with Gasteiger partial charge in [0, 0.05) is 32.5 Å². The van der Waals surface area contributed by atoms with Crippen LogP contribution in [0.4, 0.5) is 0 Å². The third-order valence-corrected chi connectivity index (χ3v) is 3.37. The molecule has 1 heterocycles. The number of aliphatic hydroxyl groups excluding tert-OH is 1. The highest BCUT2D eigenvalue weighted by atomic mass is 16.6. The molecule has 3 unspecified atom stereocenters. The molecule has 0 saturated carbocycles. The van der Waals surface area contributed by atoms with Crippen molar-refractivity contribution in [2.45, 2.75) is 51.5 Å². The maximum absolute atomic E-state index is 9.61. The molecule has 1 fully saturated rings. The Kier molecular flexibility index (Phi) is 6.46. The zero-order valence-electron chi connectivity index (χ0n) is 11.8. The van der Waals surface area contributed by atoms with E-state index in [0.29, 0.717) is 12.5 Å².